The van der Waals surface area contributed by atoms with Gasteiger partial charge < -0.3 is 9.29 Å². The smallest absolute Gasteiger partial charge is 0.144 e. The lowest BCUT2D eigenvalue weighted by Crippen LogP contribution is -2.30. The topological polar surface area (TPSA) is 32.3 Å². The van der Waals surface area contributed by atoms with Crippen molar-refractivity contribution in [3.05, 3.63) is 0 Å². The van der Waals surface area contributed by atoms with E-state index in [1.807, 2.05) is 0 Å². The molecule has 0 bridgehead atoms. The molecular weight excluding hydrogens is 160 g/mol. The fourth-order valence-electron chi connectivity index (χ4n) is 2.12. The van der Waals surface area contributed by atoms with Gasteiger partial charge in [0.1, 0.15) is 17.1 Å². The van der Waals surface area contributed by atoms with Crippen molar-refractivity contribution in [3.63, 3.8) is 0 Å². The van der Waals surface area contributed by atoms with Crippen LogP contribution in [0.4, 0.5) is 0 Å². The fourth-order valence-corrected chi connectivity index (χ4v) is 4.32. The van der Waals surface area contributed by atoms with E-state index in [1.54, 1.807) is 0 Å². The molecule has 2 fully saturated rings. The SMILES string of the molecule is CC1(C)C[S+]([O-])C2CCOC21. The lowest BCUT2D eigenvalue weighted by atomic mass is 9.88. The molecule has 0 radical (unpaired) electrons. The van der Waals surface area contributed by atoms with Crippen molar-refractivity contribution >= 4 is 11.2 Å². The quantitative estimate of drug-likeness (QED) is 0.512. The van der Waals surface area contributed by atoms with Crippen LogP contribution in [0.3, 0.4) is 0 Å². The molecule has 2 saturated heterocycles. The molecule has 0 saturated carbocycles. The van der Waals surface area contributed by atoms with E-state index in [4.69, 9.17) is 4.74 Å². The number of rotatable bonds is 0. The molecule has 0 aromatic heterocycles. The first kappa shape index (κ1) is 7.90. The number of fused-ring (bicyclic) bond motifs is 1. The molecule has 0 aliphatic carbocycles. The molecule has 0 aromatic rings. The van der Waals surface area contributed by atoms with Crippen LogP contribution >= 0.6 is 0 Å². The van der Waals surface area contributed by atoms with Crippen molar-refractivity contribution < 1.29 is 9.29 Å². The van der Waals surface area contributed by atoms with Crippen molar-refractivity contribution in [1.82, 2.24) is 0 Å². The molecule has 0 spiro atoms. The highest BCUT2D eigenvalue weighted by Crippen LogP contribution is 2.43. The summed E-state index contributed by atoms with van der Waals surface area (Å²) in [5.41, 5.74) is 0.145. The second kappa shape index (κ2) is 2.38. The summed E-state index contributed by atoms with van der Waals surface area (Å²) in [5, 5.41) is 0.338. The van der Waals surface area contributed by atoms with E-state index in [0.29, 0.717) is 5.25 Å². The molecule has 2 aliphatic heterocycles. The van der Waals surface area contributed by atoms with Gasteiger partial charge in [-0.25, -0.2) is 0 Å². The second-order valence-corrected chi connectivity index (χ2v) is 5.79. The van der Waals surface area contributed by atoms with Crippen LogP contribution in [-0.4, -0.2) is 28.3 Å². The molecule has 2 rings (SSSR count). The van der Waals surface area contributed by atoms with Crippen LogP contribution in [-0.2, 0) is 15.9 Å². The predicted molar refractivity (Wildman–Crippen MR) is 44.9 cm³/mol. The molecular formula is C8H14O2S. The van der Waals surface area contributed by atoms with Gasteiger partial charge in [-0.1, -0.05) is 13.8 Å². The zero-order valence-electron chi connectivity index (χ0n) is 7.00. The summed E-state index contributed by atoms with van der Waals surface area (Å²) >= 11 is -0.623. The summed E-state index contributed by atoms with van der Waals surface area (Å²) < 4.78 is 17.1. The van der Waals surface area contributed by atoms with Gasteiger partial charge >= 0.3 is 0 Å². The summed E-state index contributed by atoms with van der Waals surface area (Å²) in [4.78, 5) is 0. The Kier molecular flexibility index (Phi) is 1.71. The lowest BCUT2D eigenvalue weighted by molar-refractivity contribution is 0.0401. The molecule has 3 unspecified atom stereocenters. The Balaban J connectivity index is 2.20. The van der Waals surface area contributed by atoms with Crippen molar-refractivity contribution in [2.24, 2.45) is 5.41 Å². The number of hydrogen-bond acceptors (Lipinski definition) is 2. The van der Waals surface area contributed by atoms with Crippen LogP contribution < -0.4 is 0 Å². The maximum absolute atomic E-state index is 11.5. The Morgan fingerprint density at radius 3 is 2.91 bits per heavy atom. The highest BCUT2D eigenvalue weighted by Gasteiger charge is 2.54. The van der Waals surface area contributed by atoms with Crippen molar-refractivity contribution in [3.8, 4) is 0 Å². The van der Waals surface area contributed by atoms with Gasteiger partial charge in [-0.3, -0.25) is 0 Å². The van der Waals surface area contributed by atoms with E-state index >= 15 is 0 Å². The van der Waals surface area contributed by atoms with Gasteiger partial charge in [0.05, 0.1) is 6.61 Å². The van der Waals surface area contributed by atoms with E-state index in [9.17, 15) is 4.55 Å². The van der Waals surface area contributed by atoms with Crippen molar-refractivity contribution in [1.29, 1.82) is 0 Å². The Bertz CT molecular complexity index is 169. The summed E-state index contributed by atoms with van der Waals surface area (Å²) in [6.07, 6.45) is 1.27. The zero-order valence-corrected chi connectivity index (χ0v) is 7.82. The maximum Gasteiger partial charge on any atom is 0.144 e. The van der Waals surface area contributed by atoms with E-state index in [0.717, 1.165) is 18.8 Å². The Hall–Kier alpha value is 0.270. The molecule has 3 atom stereocenters. The fraction of sp³-hybridized carbons (Fsp3) is 1.00. The number of ether oxygens (including phenoxy) is 1. The monoisotopic (exact) mass is 174 g/mol. The van der Waals surface area contributed by atoms with Gasteiger partial charge in [0.2, 0.25) is 0 Å². The third-order valence-corrected chi connectivity index (χ3v) is 4.85. The molecule has 3 heteroatoms. The van der Waals surface area contributed by atoms with Gasteiger partial charge in [-0.05, 0) is 11.2 Å². The molecule has 0 N–H and O–H groups in total. The van der Waals surface area contributed by atoms with Crippen molar-refractivity contribution in [2.75, 3.05) is 12.4 Å². The minimum atomic E-state index is -0.623. The van der Waals surface area contributed by atoms with Gasteiger partial charge in [-0.15, -0.1) is 0 Å². The highest BCUT2D eigenvalue weighted by molar-refractivity contribution is 7.92. The van der Waals surface area contributed by atoms with Gasteiger partial charge in [0.25, 0.3) is 0 Å². The summed E-state index contributed by atoms with van der Waals surface area (Å²) in [7, 11) is 0. The Morgan fingerprint density at radius 1 is 1.55 bits per heavy atom. The first-order chi connectivity index (χ1) is 5.11. The van der Waals surface area contributed by atoms with Gasteiger partial charge in [0, 0.05) is 11.8 Å². The van der Waals surface area contributed by atoms with E-state index in [1.165, 1.54) is 0 Å². The molecule has 2 aliphatic rings. The first-order valence-electron chi connectivity index (χ1n) is 4.10. The molecule has 64 valence electrons. The van der Waals surface area contributed by atoms with E-state index < -0.39 is 11.2 Å². The average Bonchev–Trinajstić information content (AvgIpc) is 2.37. The average molecular weight is 174 g/mol. The summed E-state index contributed by atoms with van der Waals surface area (Å²) in [5.74, 6) is 0.822. The lowest BCUT2D eigenvalue weighted by Gasteiger charge is -2.20. The minimum Gasteiger partial charge on any atom is -0.616 e. The first-order valence-corrected chi connectivity index (χ1v) is 5.48. The second-order valence-electron chi connectivity index (χ2n) is 4.13. The highest BCUT2D eigenvalue weighted by atomic mass is 32.2. The van der Waals surface area contributed by atoms with Gasteiger partial charge in [-0.2, -0.15) is 0 Å². The molecule has 0 aromatic carbocycles. The minimum absolute atomic E-state index is 0.145. The van der Waals surface area contributed by atoms with Crippen LogP contribution in [0.25, 0.3) is 0 Å². The van der Waals surface area contributed by atoms with Gasteiger partial charge in [0.15, 0.2) is 0 Å². The largest absolute Gasteiger partial charge is 0.616 e. The number of hydrogen-bond donors (Lipinski definition) is 0. The predicted octanol–water partition coefficient (Wildman–Crippen LogP) is 0.932. The Labute approximate surface area is 70.5 Å². The van der Waals surface area contributed by atoms with Crippen LogP contribution in [0.2, 0.25) is 0 Å². The van der Waals surface area contributed by atoms with Crippen LogP contribution in [0.15, 0.2) is 0 Å². The Morgan fingerprint density at radius 2 is 2.27 bits per heavy atom. The van der Waals surface area contributed by atoms with Crippen molar-refractivity contribution in [2.45, 2.75) is 31.6 Å². The van der Waals surface area contributed by atoms with Crippen LogP contribution in [0.1, 0.15) is 20.3 Å². The summed E-state index contributed by atoms with van der Waals surface area (Å²) in [6, 6.07) is 0. The van der Waals surface area contributed by atoms with Crippen LogP contribution in [0, 0.1) is 5.41 Å². The third kappa shape index (κ3) is 1.10. The standard InChI is InChI=1S/C8H14O2S/c1-8(2)5-11(9)6-3-4-10-7(6)8/h6-7H,3-5H2,1-2H3. The molecule has 11 heavy (non-hydrogen) atoms. The zero-order chi connectivity index (χ0) is 8.06. The molecule has 2 heterocycles. The molecule has 2 nitrogen and oxygen atoms in total. The summed E-state index contributed by atoms with van der Waals surface area (Å²) in [6.45, 7) is 5.12. The van der Waals surface area contributed by atoms with Crippen LogP contribution in [0.5, 0.6) is 0 Å². The van der Waals surface area contributed by atoms with E-state index in [2.05, 4.69) is 13.8 Å². The maximum atomic E-state index is 11.5. The normalized spacial score (nSPS) is 47.7. The third-order valence-electron chi connectivity index (χ3n) is 2.66. The van der Waals surface area contributed by atoms with E-state index in [-0.39, 0.29) is 11.5 Å². The molecule has 0 amide bonds.